The van der Waals surface area contributed by atoms with E-state index in [1.807, 2.05) is 13.1 Å². The van der Waals surface area contributed by atoms with Gasteiger partial charge in [-0.05, 0) is 37.7 Å². The van der Waals surface area contributed by atoms with Crippen molar-refractivity contribution in [2.24, 2.45) is 5.92 Å². The minimum Gasteiger partial charge on any atom is -0.490 e. The lowest BCUT2D eigenvalue weighted by Gasteiger charge is -2.26. The van der Waals surface area contributed by atoms with Crippen LogP contribution in [0.25, 0.3) is 0 Å². The van der Waals surface area contributed by atoms with Gasteiger partial charge in [-0.1, -0.05) is 19.9 Å². The summed E-state index contributed by atoms with van der Waals surface area (Å²) in [6.45, 7) is 8.04. The fraction of sp³-hybridized carbons (Fsp3) is 0.647. The minimum absolute atomic E-state index is 0.297. The Morgan fingerprint density at radius 3 is 2.52 bits per heavy atom. The highest BCUT2D eigenvalue weighted by Crippen LogP contribution is 2.32. The Labute approximate surface area is 128 Å². The van der Waals surface area contributed by atoms with E-state index >= 15 is 0 Å². The zero-order chi connectivity index (χ0) is 15.2. The molecular weight excluding hydrogens is 264 g/mol. The van der Waals surface area contributed by atoms with Crippen LogP contribution in [0.1, 0.15) is 31.9 Å². The Balaban J connectivity index is 2.09. The molecule has 1 aliphatic rings. The van der Waals surface area contributed by atoms with Crippen molar-refractivity contribution < 1.29 is 9.47 Å². The van der Waals surface area contributed by atoms with Gasteiger partial charge < -0.3 is 19.7 Å². The van der Waals surface area contributed by atoms with Crippen molar-refractivity contribution in [1.82, 2.24) is 10.2 Å². The molecule has 0 radical (unpaired) electrons. The van der Waals surface area contributed by atoms with E-state index in [-0.39, 0.29) is 0 Å². The molecular formula is C17H28N2O2. The van der Waals surface area contributed by atoms with Gasteiger partial charge in [-0.15, -0.1) is 0 Å². The van der Waals surface area contributed by atoms with Crippen LogP contribution >= 0.6 is 0 Å². The molecule has 1 heterocycles. The average molecular weight is 292 g/mol. The van der Waals surface area contributed by atoms with Gasteiger partial charge in [0.2, 0.25) is 0 Å². The van der Waals surface area contributed by atoms with Gasteiger partial charge in [0, 0.05) is 25.6 Å². The first-order chi connectivity index (χ1) is 10.1. The van der Waals surface area contributed by atoms with E-state index in [2.05, 4.69) is 43.2 Å². The van der Waals surface area contributed by atoms with Gasteiger partial charge in [0.25, 0.3) is 0 Å². The Morgan fingerprint density at radius 1 is 1.14 bits per heavy atom. The summed E-state index contributed by atoms with van der Waals surface area (Å²) in [6, 6.07) is 6.58. The van der Waals surface area contributed by atoms with E-state index < -0.39 is 0 Å². The van der Waals surface area contributed by atoms with Crippen molar-refractivity contribution in [2.45, 2.75) is 26.3 Å². The van der Waals surface area contributed by atoms with E-state index in [4.69, 9.17) is 9.47 Å². The van der Waals surface area contributed by atoms with Crippen LogP contribution in [0.2, 0.25) is 0 Å². The molecule has 0 saturated carbocycles. The van der Waals surface area contributed by atoms with Gasteiger partial charge >= 0.3 is 0 Å². The Bertz CT molecular complexity index is 448. The molecule has 1 aromatic carbocycles. The van der Waals surface area contributed by atoms with E-state index in [0.717, 1.165) is 44.2 Å². The van der Waals surface area contributed by atoms with E-state index in [0.29, 0.717) is 12.0 Å². The van der Waals surface area contributed by atoms with E-state index in [1.165, 1.54) is 5.56 Å². The third-order valence-electron chi connectivity index (χ3n) is 3.69. The monoisotopic (exact) mass is 292 g/mol. The molecule has 0 fully saturated rings. The molecule has 1 aromatic rings. The predicted molar refractivity (Wildman–Crippen MR) is 86.2 cm³/mol. The maximum absolute atomic E-state index is 5.79. The second-order valence-corrected chi connectivity index (χ2v) is 6.21. The highest BCUT2D eigenvalue weighted by atomic mass is 16.5. The predicted octanol–water partition coefficient (Wildman–Crippen LogP) is 2.70. The number of fused-ring (bicyclic) bond motifs is 1. The number of nitrogens with one attached hydrogen (secondary N) is 1. The number of benzene rings is 1. The zero-order valence-electron chi connectivity index (χ0n) is 13.7. The summed E-state index contributed by atoms with van der Waals surface area (Å²) in [5.74, 6) is 2.41. The summed E-state index contributed by atoms with van der Waals surface area (Å²) in [6.07, 6.45) is 0.941. The molecule has 21 heavy (non-hydrogen) atoms. The first kappa shape index (κ1) is 16.1. The van der Waals surface area contributed by atoms with Gasteiger partial charge in [0.1, 0.15) is 0 Å². The van der Waals surface area contributed by atoms with Crippen LogP contribution < -0.4 is 14.8 Å². The molecule has 0 spiro atoms. The van der Waals surface area contributed by atoms with E-state index in [9.17, 15) is 0 Å². The van der Waals surface area contributed by atoms with Crippen LogP contribution in [0.4, 0.5) is 0 Å². The largest absolute Gasteiger partial charge is 0.490 e. The highest BCUT2D eigenvalue weighted by molar-refractivity contribution is 5.44. The Kier molecular flexibility index (Phi) is 5.88. The third-order valence-corrected chi connectivity index (χ3v) is 3.69. The maximum atomic E-state index is 5.79. The summed E-state index contributed by atoms with van der Waals surface area (Å²) in [4.78, 5) is 2.37. The molecule has 118 valence electrons. The average Bonchev–Trinajstić information content (AvgIpc) is 2.68. The fourth-order valence-corrected chi connectivity index (χ4v) is 2.77. The second kappa shape index (κ2) is 7.66. The van der Waals surface area contributed by atoms with Crippen LogP contribution in [0.5, 0.6) is 11.5 Å². The molecule has 1 atom stereocenters. The molecule has 4 nitrogen and oxygen atoms in total. The molecule has 0 amide bonds. The van der Waals surface area contributed by atoms with Crippen LogP contribution in [0.15, 0.2) is 18.2 Å². The fourth-order valence-electron chi connectivity index (χ4n) is 2.77. The first-order valence-electron chi connectivity index (χ1n) is 7.85. The Hall–Kier alpha value is -1.26. The summed E-state index contributed by atoms with van der Waals surface area (Å²) in [5, 5.41) is 3.41. The van der Waals surface area contributed by atoms with E-state index in [1.54, 1.807) is 0 Å². The molecule has 0 aromatic heterocycles. The molecule has 2 rings (SSSR count). The number of hydrogen-bond acceptors (Lipinski definition) is 4. The number of likely N-dealkylation sites (N-methyl/N-ethyl adjacent to an activating group) is 2. The lowest BCUT2D eigenvalue weighted by atomic mass is 10.1. The van der Waals surface area contributed by atoms with Gasteiger partial charge in [-0.2, -0.15) is 0 Å². The molecule has 0 saturated heterocycles. The molecule has 1 N–H and O–H groups in total. The molecule has 4 heteroatoms. The summed E-state index contributed by atoms with van der Waals surface area (Å²) in [5.41, 5.74) is 1.25. The van der Waals surface area contributed by atoms with Crippen LogP contribution in [0, 0.1) is 5.92 Å². The lowest BCUT2D eigenvalue weighted by molar-refractivity contribution is 0.266. The quantitative estimate of drug-likeness (QED) is 0.874. The van der Waals surface area contributed by atoms with Crippen LogP contribution in [-0.4, -0.2) is 45.3 Å². The molecule has 1 unspecified atom stereocenters. The first-order valence-corrected chi connectivity index (χ1v) is 7.85. The summed E-state index contributed by atoms with van der Waals surface area (Å²) >= 11 is 0. The lowest BCUT2D eigenvalue weighted by Crippen LogP contribution is -2.33. The normalized spacial score (nSPS) is 16.1. The van der Waals surface area contributed by atoms with Gasteiger partial charge in [-0.25, -0.2) is 0 Å². The van der Waals surface area contributed by atoms with Gasteiger partial charge in [0.15, 0.2) is 11.5 Å². The topological polar surface area (TPSA) is 33.7 Å². The van der Waals surface area contributed by atoms with Gasteiger partial charge in [-0.3, -0.25) is 0 Å². The number of rotatable bonds is 6. The molecule has 1 aliphatic heterocycles. The molecule has 0 aliphatic carbocycles. The summed E-state index contributed by atoms with van der Waals surface area (Å²) < 4.78 is 11.5. The van der Waals surface area contributed by atoms with Crippen molar-refractivity contribution in [3.63, 3.8) is 0 Å². The number of ether oxygens (including phenoxy) is 2. The van der Waals surface area contributed by atoms with Crippen LogP contribution in [0.3, 0.4) is 0 Å². The van der Waals surface area contributed by atoms with Crippen molar-refractivity contribution >= 4 is 0 Å². The second-order valence-electron chi connectivity index (χ2n) is 6.21. The van der Waals surface area contributed by atoms with Crippen LogP contribution in [-0.2, 0) is 0 Å². The third kappa shape index (κ3) is 4.61. The SMILES string of the molecule is CNC(CN(C)CC(C)C)c1ccc2c(c1)OCCCO2. The molecule has 0 bridgehead atoms. The number of hydrogen-bond donors (Lipinski definition) is 1. The Morgan fingerprint density at radius 2 is 1.86 bits per heavy atom. The van der Waals surface area contributed by atoms with Crippen molar-refractivity contribution in [3.8, 4) is 11.5 Å². The minimum atomic E-state index is 0.297. The summed E-state index contributed by atoms with van der Waals surface area (Å²) in [7, 11) is 4.18. The standard InChI is InChI=1S/C17H28N2O2/c1-13(2)11-19(4)12-15(18-3)14-6-7-16-17(10-14)21-9-5-8-20-16/h6-7,10,13,15,18H,5,8-9,11-12H2,1-4H3. The van der Waals surface area contributed by atoms with Crippen molar-refractivity contribution in [2.75, 3.05) is 40.4 Å². The van der Waals surface area contributed by atoms with Crippen molar-refractivity contribution in [3.05, 3.63) is 23.8 Å². The van der Waals surface area contributed by atoms with Gasteiger partial charge in [0.05, 0.1) is 13.2 Å². The maximum Gasteiger partial charge on any atom is 0.161 e. The van der Waals surface area contributed by atoms with Crippen molar-refractivity contribution in [1.29, 1.82) is 0 Å². The number of nitrogens with zero attached hydrogens (tertiary/aromatic N) is 1. The zero-order valence-corrected chi connectivity index (χ0v) is 13.7. The smallest absolute Gasteiger partial charge is 0.161 e. The highest BCUT2D eigenvalue weighted by Gasteiger charge is 2.17.